The Morgan fingerprint density at radius 1 is 1.56 bits per heavy atom. The predicted molar refractivity (Wildman–Crippen MR) is 66.5 cm³/mol. The smallest absolute Gasteiger partial charge is 0.0963 e. The Balaban J connectivity index is 1.99. The molecule has 1 saturated heterocycles. The number of hydrogen-bond donors (Lipinski definition) is 1. The minimum absolute atomic E-state index is 0.0558. The number of thioether (sulfide) groups is 1. The van der Waals surface area contributed by atoms with E-state index in [1.807, 2.05) is 13.1 Å². The lowest BCUT2D eigenvalue weighted by Gasteiger charge is -2.13. The molecule has 1 fully saturated rings. The summed E-state index contributed by atoms with van der Waals surface area (Å²) < 4.78 is 5.53. The molecule has 0 aromatic carbocycles. The van der Waals surface area contributed by atoms with Crippen LogP contribution in [0.5, 0.6) is 0 Å². The quantitative estimate of drug-likeness (QED) is 0.878. The molecule has 0 aliphatic carbocycles. The molecule has 0 radical (unpaired) electrons. The first kappa shape index (κ1) is 11.9. The molecule has 16 heavy (non-hydrogen) atoms. The van der Waals surface area contributed by atoms with Crippen LogP contribution in [0.15, 0.2) is 23.4 Å². The second-order valence-electron chi connectivity index (χ2n) is 4.24. The van der Waals surface area contributed by atoms with Crippen molar-refractivity contribution in [2.24, 2.45) is 5.73 Å². The van der Waals surface area contributed by atoms with Crippen molar-refractivity contribution in [1.82, 2.24) is 4.98 Å². The Labute approximate surface area is 101 Å². The molecular formula is C12H18N2OS. The van der Waals surface area contributed by atoms with Gasteiger partial charge in [-0.2, -0.15) is 0 Å². The van der Waals surface area contributed by atoms with Gasteiger partial charge in [0.2, 0.25) is 0 Å². The lowest BCUT2D eigenvalue weighted by molar-refractivity contribution is 0.127. The third-order valence-electron chi connectivity index (χ3n) is 2.86. The lowest BCUT2D eigenvalue weighted by atomic mass is 10.2. The Kier molecular flexibility index (Phi) is 3.84. The fourth-order valence-corrected chi connectivity index (χ4v) is 2.81. The number of aromatic nitrogens is 1. The zero-order valence-electron chi connectivity index (χ0n) is 9.72. The second-order valence-corrected chi connectivity index (χ2v) is 5.50. The van der Waals surface area contributed by atoms with Crippen LogP contribution < -0.4 is 5.73 Å². The van der Waals surface area contributed by atoms with Gasteiger partial charge in [0, 0.05) is 24.1 Å². The summed E-state index contributed by atoms with van der Waals surface area (Å²) in [7, 11) is 0. The first-order valence-corrected chi connectivity index (χ1v) is 6.54. The van der Waals surface area contributed by atoms with E-state index in [2.05, 4.69) is 24.0 Å². The molecule has 1 aliphatic heterocycles. The average molecular weight is 238 g/mol. The van der Waals surface area contributed by atoms with Gasteiger partial charge < -0.3 is 10.5 Å². The summed E-state index contributed by atoms with van der Waals surface area (Å²) in [5.74, 6) is 0. The maximum absolute atomic E-state index is 5.78. The molecular weight excluding hydrogens is 220 g/mol. The molecule has 1 aliphatic rings. The summed E-state index contributed by atoms with van der Waals surface area (Å²) in [6.07, 6.45) is 3.32. The number of nitrogens with zero attached hydrogens (tertiary/aromatic N) is 1. The molecule has 0 amide bonds. The number of hydrogen-bond acceptors (Lipinski definition) is 4. The van der Waals surface area contributed by atoms with E-state index in [1.165, 1.54) is 0 Å². The summed E-state index contributed by atoms with van der Waals surface area (Å²) in [4.78, 5) is 4.43. The van der Waals surface area contributed by atoms with E-state index < -0.39 is 0 Å². The van der Waals surface area contributed by atoms with Gasteiger partial charge in [-0.25, -0.2) is 4.98 Å². The summed E-state index contributed by atoms with van der Waals surface area (Å²) in [6, 6.07) is 4.16. The largest absolute Gasteiger partial charge is 0.377 e. The molecule has 0 saturated carbocycles. The number of pyridine rings is 1. The molecule has 1 aromatic rings. The molecule has 2 heterocycles. The second kappa shape index (κ2) is 5.17. The van der Waals surface area contributed by atoms with Crippen LogP contribution in [-0.4, -0.2) is 22.9 Å². The standard InChI is InChI=1S/C12H18N2OS/c1-8(13)10-3-4-12(14-7-10)16-11-5-6-15-9(11)2/h3-4,7-9,11H,5-6,13H2,1-2H3. The number of nitrogens with two attached hydrogens (primary N) is 1. The van der Waals surface area contributed by atoms with E-state index in [0.29, 0.717) is 11.4 Å². The maximum atomic E-state index is 5.78. The fourth-order valence-electron chi connectivity index (χ4n) is 1.75. The Morgan fingerprint density at radius 2 is 2.38 bits per heavy atom. The molecule has 1 aromatic heterocycles. The summed E-state index contributed by atoms with van der Waals surface area (Å²) in [5, 5.41) is 1.60. The van der Waals surface area contributed by atoms with E-state index in [-0.39, 0.29) is 6.04 Å². The summed E-state index contributed by atoms with van der Waals surface area (Å²) >= 11 is 1.80. The molecule has 3 nitrogen and oxygen atoms in total. The highest BCUT2D eigenvalue weighted by Crippen LogP contribution is 2.31. The Morgan fingerprint density at radius 3 is 2.88 bits per heavy atom. The molecule has 2 rings (SSSR count). The van der Waals surface area contributed by atoms with Crippen LogP contribution in [0, 0.1) is 0 Å². The van der Waals surface area contributed by atoms with Crippen LogP contribution in [0.3, 0.4) is 0 Å². The van der Waals surface area contributed by atoms with Crippen molar-refractivity contribution < 1.29 is 4.74 Å². The van der Waals surface area contributed by atoms with Gasteiger partial charge in [-0.15, -0.1) is 11.8 Å². The minimum Gasteiger partial charge on any atom is -0.377 e. The van der Waals surface area contributed by atoms with Gasteiger partial charge in [-0.05, 0) is 31.9 Å². The topological polar surface area (TPSA) is 48.1 Å². The number of rotatable bonds is 3. The van der Waals surface area contributed by atoms with Gasteiger partial charge >= 0.3 is 0 Å². The third kappa shape index (κ3) is 2.75. The molecule has 88 valence electrons. The van der Waals surface area contributed by atoms with E-state index in [0.717, 1.165) is 23.6 Å². The van der Waals surface area contributed by atoms with Gasteiger partial charge in [-0.3, -0.25) is 0 Å². The van der Waals surface area contributed by atoms with Crippen LogP contribution in [0.2, 0.25) is 0 Å². The highest BCUT2D eigenvalue weighted by atomic mass is 32.2. The van der Waals surface area contributed by atoms with Gasteiger partial charge in [0.05, 0.1) is 11.1 Å². The van der Waals surface area contributed by atoms with E-state index in [1.54, 1.807) is 11.8 Å². The van der Waals surface area contributed by atoms with Crippen molar-refractivity contribution in [2.75, 3.05) is 6.61 Å². The van der Waals surface area contributed by atoms with E-state index >= 15 is 0 Å². The van der Waals surface area contributed by atoms with Crippen molar-refractivity contribution in [3.63, 3.8) is 0 Å². The normalized spacial score (nSPS) is 26.9. The molecule has 3 atom stereocenters. The Hall–Kier alpha value is -0.580. The average Bonchev–Trinajstić information content (AvgIpc) is 2.65. The SMILES string of the molecule is CC(N)c1ccc(SC2CCOC2C)nc1. The van der Waals surface area contributed by atoms with Crippen LogP contribution >= 0.6 is 11.8 Å². The van der Waals surface area contributed by atoms with Crippen LogP contribution in [-0.2, 0) is 4.74 Å². The van der Waals surface area contributed by atoms with Crippen molar-refractivity contribution in [1.29, 1.82) is 0 Å². The van der Waals surface area contributed by atoms with Crippen molar-refractivity contribution >= 4 is 11.8 Å². The van der Waals surface area contributed by atoms with Gasteiger partial charge in [-0.1, -0.05) is 6.07 Å². The van der Waals surface area contributed by atoms with Crippen LogP contribution in [0.25, 0.3) is 0 Å². The predicted octanol–water partition coefficient (Wildman–Crippen LogP) is 2.37. The molecule has 0 spiro atoms. The van der Waals surface area contributed by atoms with Gasteiger partial charge in [0.25, 0.3) is 0 Å². The lowest BCUT2D eigenvalue weighted by Crippen LogP contribution is -2.13. The highest BCUT2D eigenvalue weighted by Gasteiger charge is 2.25. The Bertz CT molecular complexity index is 339. The first-order chi connectivity index (χ1) is 7.66. The third-order valence-corrected chi connectivity index (χ3v) is 4.27. The summed E-state index contributed by atoms with van der Waals surface area (Å²) in [6.45, 7) is 4.97. The number of ether oxygens (including phenoxy) is 1. The zero-order chi connectivity index (χ0) is 11.5. The van der Waals surface area contributed by atoms with Crippen molar-refractivity contribution in [2.45, 2.75) is 42.7 Å². The van der Waals surface area contributed by atoms with Crippen molar-refractivity contribution in [3.05, 3.63) is 23.9 Å². The monoisotopic (exact) mass is 238 g/mol. The first-order valence-electron chi connectivity index (χ1n) is 5.66. The minimum atomic E-state index is 0.0558. The maximum Gasteiger partial charge on any atom is 0.0963 e. The summed E-state index contributed by atoms with van der Waals surface area (Å²) in [5.41, 5.74) is 6.87. The van der Waals surface area contributed by atoms with Crippen LogP contribution in [0.1, 0.15) is 31.9 Å². The fraction of sp³-hybridized carbons (Fsp3) is 0.583. The van der Waals surface area contributed by atoms with Gasteiger partial charge in [0.15, 0.2) is 0 Å². The van der Waals surface area contributed by atoms with E-state index in [4.69, 9.17) is 10.5 Å². The zero-order valence-corrected chi connectivity index (χ0v) is 10.5. The molecule has 2 N–H and O–H groups in total. The highest BCUT2D eigenvalue weighted by molar-refractivity contribution is 7.99. The van der Waals surface area contributed by atoms with Gasteiger partial charge in [0.1, 0.15) is 0 Å². The van der Waals surface area contributed by atoms with E-state index in [9.17, 15) is 0 Å². The van der Waals surface area contributed by atoms with Crippen LogP contribution in [0.4, 0.5) is 0 Å². The molecule has 3 unspecified atom stereocenters. The van der Waals surface area contributed by atoms with Crippen molar-refractivity contribution in [3.8, 4) is 0 Å². The molecule has 0 bridgehead atoms. The molecule has 4 heteroatoms.